The van der Waals surface area contributed by atoms with Crippen LogP contribution in [0.25, 0.3) is 0 Å². The number of ether oxygens (including phenoxy) is 1. The van der Waals surface area contributed by atoms with E-state index in [1.54, 1.807) is 23.1 Å². The van der Waals surface area contributed by atoms with Gasteiger partial charge < -0.3 is 19.9 Å². The van der Waals surface area contributed by atoms with Gasteiger partial charge in [0.15, 0.2) is 12.6 Å². The molecule has 2 rings (SSSR count). The van der Waals surface area contributed by atoms with Crippen LogP contribution in [0.2, 0.25) is 10.0 Å². The van der Waals surface area contributed by atoms with Gasteiger partial charge in [-0.1, -0.05) is 37.0 Å². The average Bonchev–Trinajstić information content (AvgIpc) is 2.50. The molecule has 7 heteroatoms. The lowest BCUT2D eigenvalue weighted by Crippen LogP contribution is -3.18. The molecular weight excluding hydrogens is 361 g/mol. The molecule has 140 valence electrons. The van der Waals surface area contributed by atoms with Gasteiger partial charge in [-0.25, -0.2) is 0 Å². The fourth-order valence-corrected chi connectivity index (χ4v) is 3.56. The highest BCUT2D eigenvalue weighted by Crippen LogP contribution is 2.24. The summed E-state index contributed by atoms with van der Waals surface area (Å²) in [5, 5.41) is 3.78. The van der Waals surface area contributed by atoms with Crippen molar-refractivity contribution in [3.63, 3.8) is 0 Å². The van der Waals surface area contributed by atoms with Crippen LogP contribution in [0, 0.1) is 5.92 Å². The van der Waals surface area contributed by atoms with Gasteiger partial charge in [0.1, 0.15) is 19.6 Å². The molecule has 2 unspecified atom stereocenters. The molecule has 1 amide bonds. The number of nitrogens with one attached hydrogen (secondary N) is 3. The maximum absolute atomic E-state index is 12.2. The molecule has 1 aliphatic rings. The summed E-state index contributed by atoms with van der Waals surface area (Å²) in [6.45, 7) is 9.79. The molecule has 1 aromatic carbocycles. The Balaban J connectivity index is 1.77. The van der Waals surface area contributed by atoms with Gasteiger partial charge >= 0.3 is 0 Å². The predicted octanol–water partition coefficient (Wildman–Crippen LogP) is 0.386. The third kappa shape index (κ3) is 7.12. The van der Waals surface area contributed by atoms with Gasteiger partial charge in [-0.2, -0.15) is 0 Å². The molecule has 25 heavy (non-hydrogen) atoms. The molecule has 0 radical (unpaired) electrons. The number of morpholine rings is 1. The van der Waals surface area contributed by atoms with Crippen molar-refractivity contribution in [2.45, 2.75) is 20.0 Å². The summed E-state index contributed by atoms with van der Waals surface area (Å²) in [6, 6.07) is 5.09. The van der Waals surface area contributed by atoms with Crippen LogP contribution in [0.1, 0.15) is 13.8 Å². The Morgan fingerprint density at radius 1 is 1.40 bits per heavy atom. The van der Waals surface area contributed by atoms with Gasteiger partial charge in [0, 0.05) is 11.6 Å². The lowest BCUT2D eigenvalue weighted by Gasteiger charge is -2.31. The minimum Gasteiger partial charge on any atom is -0.361 e. The monoisotopic (exact) mass is 389 g/mol. The Morgan fingerprint density at radius 3 is 2.84 bits per heavy atom. The van der Waals surface area contributed by atoms with Gasteiger partial charge in [-0.15, -0.1) is 0 Å². The second-order valence-corrected chi connectivity index (χ2v) is 8.12. The van der Waals surface area contributed by atoms with Crippen molar-refractivity contribution < 1.29 is 19.3 Å². The number of likely N-dealkylation sites (N-methyl/N-ethyl adjacent to an activating group) is 1. The van der Waals surface area contributed by atoms with Crippen LogP contribution in [0.15, 0.2) is 18.2 Å². The summed E-state index contributed by atoms with van der Waals surface area (Å²) in [4.78, 5) is 14.9. The first kappa shape index (κ1) is 20.5. The lowest BCUT2D eigenvalue weighted by atomic mass is 10.1. The van der Waals surface area contributed by atoms with Crippen LogP contribution in [-0.2, 0) is 9.53 Å². The number of carbonyl (C=O) groups is 1. The van der Waals surface area contributed by atoms with Crippen molar-refractivity contribution in [2.75, 3.05) is 51.7 Å². The Labute approximate surface area is 160 Å². The van der Waals surface area contributed by atoms with Crippen LogP contribution >= 0.6 is 23.2 Å². The van der Waals surface area contributed by atoms with Crippen LogP contribution in [0.3, 0.4) is 0 Å². The summed E-state index contributed by atoms with van der Waals surface area (Å²) in [7, 11) is 2.02. The van der Waals surface area contributed by atoms with Crippen molar-refractivity contribution >= 4 is 34.8 Å². The maximum Gasteiger partial charge on any atom is 0.279 e. The number of anilines is 1. The van der Waals surface area contributed by atoms with E-state index in [4.69, 9.17) is 27.9 Å². The Morgan fingerprint density at radius 2 is 2.16 bits per heavy atom. The van der Waals surface area contributed by atoms with E-state index in [-0.39, 0.29) is 12.0 Å². The number of halogens is 2. The van der Waals surface area contributed by atoms with E-state index < -0.39 is 0 Å². The summed E-state index contributed by atoms with van der Waals surface area (Å²) >= 11 is 11.9. The minimum atomic E-state index is -0.0434. The van der Waals surface area contributed by atoms with Gasteiger partial charge in [0.25, 0.3) is 5.91 Å². The number of quaternary nitrogens is 2. The number of rotatable bonds is 7. The lowest BCUT2D eigenvalue weighted by molar-refractivity contribution is -0.926. The number of amides is 1. The molecular formula is C18H29Cl2N3O2+2. The Bertz CT molecular complexity index is 583. The second kappa shape index (κ2) is 9.74. The van der Waals surface area contributed by atoms with Crippen LogP contribution in [0.4, 0.5) is 5.69 Å². The van der Waals surface area contributed by atoms with Gasteiger partial charge in [0.05, 0.1) is 30.2 Å². The molecule has 0 aliphatic carbocycles. The number of hydrogen-bond donors (Lipinski definition) is 3. The molecule has 0 spiro atoms. The topological polar surface area (TPSA) is 47.2 Å². The molecule has 1 saturated heterocycles. The van der Waals surface area contributed by atoms with Gasteiger partial charge in [-0.3, -0.25) is 4.79 Å². The number of carbonyl (C=O) groups excluding carboxylic acids is 1. The van der Waals surface area contributed by atoms with E-state index in [0.717, 1.165) is 31.1 Å². The van der Waals surface area contributed by atoms with Gasteiger partial charge in [0.2, 0.25) is 0 Å². The zero-order valence-electron chi connectivity index (χ0n) is 15.2. The zero-order valence-corrected chi connectivity index (χ0v) is 16.7. The third-order valence-corrected chi connectivity index (χ3v) is 5.00. The molecule has 0 saturated carbocycles. The first-order chi connectivity index (χ1) is 11.8. The fourth-order valence-electron chi connectivity index (χ4n) is 3.26. The summed E-state index contributed by atoms with van der Waals surface area (Å²) in [5.41, 5.74) is 0.661. The third-order valence-electron chi connectivity index (χ3n) is 4.26. The first-order valence-corrected chi connectivity index (χ1v) is 9.60. The van der Waals surface area contributed by atoms with Crippen molar-refractivity contribution in [2.24, 2.45) is 5.92 Å². The van der Waals surface area contributed by atoms with Crippen LogP contribution < -0.4 is 15.1 Å². The molecule has 1 aromatic rings. The zero-order chi connectivity index (χ0) is 18.4. The van der Waals surface area contributed by atoms with Crippen LogP contribution in [-0.4, -0.2) is 58.4 Å². The van der Waals surface area contributed by atoms with E-state index in [0.29, 0.717) is 28.2 Å². The van der Waals surface area contributed by atoms with Crippen molar-refractivity contribution in [1.82, 2.24) is 0 Å². The summed E-state index contributed by atoms with van der Waals surface area (Å²) < 4.78 is 5.88. The number of benzene rings is 1. The quantitative estimate of drug-likeness (QED) is 0.631. The Hall–Kier alpha value is -0.850. The largest absolute Gasteiger partial charge is 0.361 e. The fraction of sp³-hybridized carbons (Fsp3) is 0.611. The van der Waals surface area contributed by atoms with E-state index in [9.17, 15) is 4.79 Å². The minimum absolute atomic E-state index is 0.0434. The second-order valence-electron chi connectivity index (χ2n) is 7.31. The smallest absolute Gasteiger partial charge is 0.279 e. The summed E-state index contributed by atoms with van der Waals surface area (Å²) in [6.07, 6.45) is 0.209. The Kier molecular flexibility index (Phi) is 7.97. The van der Waals surface area contributed by atoms with Crippen LogP contribution in [0.5, 0.6) is 0 Å². The highest BCUT2D eigenvalue weighted by Gasteiger charge is 2.27. The molecule has 0 bridgehead atoms. The molecule has 1 fully saturated rings. The van der Waals surface area contributed by atoms with E-state index in [1.165, 1.54) is 6.54 Å². The molecule has 5 nitrogen and oxygen atoms in total. The van der Waals surface area contributed by atoms with Crippen molar-refractivity contribution in [3.05, 3.63) is 28.2 Å². The standard InChI is InChI=1S/C18H27Cl2N3O2/c1-13(2)9-23-6-7-25-15(11-23)10-22(3)12-18(24)21-14-4-5-16(19)17(20)8-14/h4-5,8,13,15H,6-7,9-12H2,1-3H3,(H,21,24)/p+2/t15-/m1/s1. The van der Waals surface area contributed by atoms with Crippen molar-refractivity contribution in [3.8, 4) is 0 Å². The molecule has 3 N–H and O–H groups in total. The average molecular weight is 390 g/mol. The molecule has 0 aromatic heterocycles. The first-order valence-electron chi connectivity index (χ1n) is 8.85. The maximum atomic E-state index is 12.2. The summed E-state index contributed by atoms with van der Waals surface area (Å²) in [5.74, 6) is 0.647. The van der Waals surface area contributed by atoms with E-state index in [2.05, 4.69) is 19.2 Å². The highest BCUT2D eigenvalue weighted by molar-refractivity contribution is 6.42. The SMILES string of the molecule is CC(C)C[NH+]1CCO[C@H](C[NH+](C)CC(=O)Nc2ccc(Cl)c(Cl)c2)C1. The van der Waals surface area contributed by atoms with E-state index >= 15 is 0 Å². The van der Waals surface area contributed by atoms with Crippen molar-refractivity contribution in [1.29, 1.82) is 0 Å². The predicted molar refractivity (Wildman–Crippen MR) is 102 cm³/mol. The van der Waals surface area contributed by atoms with E-state index in [1.807, 2.05) is 7.05 Å². The molecule has 3 atom stereocenters. The normalized spacial score (nSPS) is 22.0. The highest BCUT2D eigenvalue weighted by atomic mass is 35.5. The van der Waals surface area contributed by atoms with Gasteiger partial charge in [-0.05, 0) is 18.2 Å². The number of hydrogen-bond acceptors (Lipinski definition) is 2. The molecule has 1 heterocycles. The molecule has 1 aliphatic heterocycles.